The third-order valence-corrected chi connectivity index (χ3v) is 4.14. The van der Waals surface area contributed by atoms with E-state index in [4.69, 9.17) is 5.11 Å². The molecule has 0 fully saturated rings. The standard InChI is InChI=1S/C17H18O2S/c18-13-16-8-10-17(11-9-16)14-20(19)12-4-7-15-5-2-1-3-6-15/h1-11,18H,12-14H2/b7-4+. The Balaban J connectivity index is 1.84. The van der Waals surface area contributed by atoms with Gasteiger partial charge in [0.15, 0.2) is 0 Å². The lowest BCUT2D eigenvalue weighted by Gasteiger charge is -2.01. The van der Waals surface area contributed by atoms with Crippen LogP contribution in [0.4, 0.5) is 0 Å². The predicted molar refractivity (Wildman–Crippen MR) is 84.6 cm³/mol. The summed E-state index contributed by atoms with van der Waals surface area (Å²) in [4.78, 5) is 0. The summed E-state index contributed by atoms with van der Waals surface area (Å²) in [6.07, 6.45) is 3.94. The highest BCUT2D eigenvalue weighted by atomic mass is 32.2. The van der Waals surface area contributed by atoms with Gasteiger partial charge in [-0.2, -0.15) is 0 Å². The summed E-state index contributed by atoms with van der Waals surface area (Å²) in [6, 6.07) is 17.6. The molecule has 0 aliphatic carbocycles. The molecule has 2 nitrogen and oxygen atoms in total. The average Bonchev–Trinajstić information content (AvgIpc) is 2.49. The number of benzene rings is 2. The second-order valence-electron chi connectivity index (χ2n) is 4.54. The van der Waals surface area contributed by atoms with Gasteiger partial charge in [-0.25, -0.2) is 0 Å². The molecule has 0 spiro atoms. The number of hydrogen-bond donors (Lipinski definition) is 1. The van der Waals surface area contributed by atoms with E-state index < -0.39 is 10.8 Å². The molecule has 0 aliphatic rings. The topological polar surface area (TPSA) is 37.3 Å². The molecule has 2 rings (SSSR count). The molecule has 0 heterocycles. The molecule has 0 aromatic heterocycles. The molecule has 104 valence electrons. The molecular weight excluding hydrogens is 268 g/mol. The van der Waals surface area contributed by atoms with E-state index in [2.05, 4.69) is 0 Å². The number of aliphatic hydroxyl groups is 1. The van der Waals surface area contributed by atoms with Gasteiger partial charge in [0.1, 0.15) is 0 Å². The van der Waals surface area contributed by atoms with Crippen molar-refractivity contribution in [3.63, 3.8) is 0 Å². The van der Waals surface area contributed by atoms with Crippen molar-refractivity contribution in [2.45, 2.75) is 12.4 Å². The zero-order valence-corrected chi connectivity index (χ0v) is 12.1. The van der Waals surface area contributed by atoms with Crippen molar-refractivity contribution in [2.24, 2.45) is 0 Å². The molecule has 0 amide bonds. The molecule has 1 atom stereocenters. The molecule has 0 bridgehead atoms. The van der Waals surface area contributed by atoms with Crippen LogP contribution in [0, 0.1) is 0 Å². The first-order chi connectivity index (χ1) is 9.78. The van der Waals surface area contributed by atoms with Gasteiger partial charge in [0, 0.05) is 22.3 Å². The van der Waals surface area contributed by atoms with Gasteiger partial charge in [0.2, 0.25) is 0 Å². The lowest BCUT2D eigenvalue weighted by atomic mass is 10.2. The maximum atomic E-state index is 12.0. The Hall–Kier alpha value is -1.71. The van der Waals surface area contributed by atoms with Crippen molar-refractivity contribution in [1.29, 1.82) is 0 Å². The molecular formula is C17H18O2S. The van der Waals surface area contributed by atoms with Gasteiger partial charge in [-0.1, -0.05) is 66.7 Å². The van der Waals surface area contributed by atoms with Gasteiger partial charge in [0.05, 0.1) is 6.61 Å². The average molecular weight is 286 g/mol. The zero-order chi connectivity index (χ0) is 14.2. The van der Waals surface area contributed by atoms with Crippen molar-refractivity contribution in [2.75, 3.05) is 5.75 Å². The van der Waals surface area contributed by atoms with E-state index in [1.807, 2.05) is 66.7 Å². The monoisotopic (exact) mass is 286 g/mol. The quantitative estimate of drug-likeness (QED) is 0.886. The second-order valence-corrected chi connectivity index (χ2v) is 6.04. The highest BCUT2D eigenvalue weighted by Gasteiger charge is 2.00. The van der Waals surface area contributed by atoms with Crippen molar-refractivity contribution < 1.29 is 9.32 Å². The molecule has 3 heteroatoms. The van der Waals surface area contributed by atoms with Crippen LogP contribution in [0.5, 0.6) is 0 Å². The lowest BCUT2D eigenvalue weighted by molar-refractivity contribution is 0.282. The second kappa shape index (κ2) is 7.78. The summed E-state index contributed by atoms with van der Waals surface area (Å²) in [7, 11) is -0.903. The van der Waals surface area contributed by atoms with Crippen LogP contribution in [0.2, 0.25) is 0 Å². The van der Waals surface area contributed by atoms with E-state index in [9.17, 15) is 4.21 Å². The van der Waals surface area contributed by atoms with Crippen LogP contribution in [0.15, 0.2) is 60.7 Å². The maximum absolute atomic E-state index is 12.0. The Labute approximate surface area is 122 Å². The van der Waals surface area contributed by atoms with E-state index in [0.29, 0.717) is 11.5 Å². The molecule has 2 aromatic carbocycles. The van der Waals surface area contributed by atoms with Crippen LogP contribution in [0.25, 0.3) is 6.08 Å². The van der Waals surface area contributed by atoms with E-state index in [0.717, 1.165) is 16.7 Å². The molecule has 2 aromatic rings. The molecule has 1 unspecified atom stereocenters. The highest BCUT2D eigenvalue weighted by molar-refractivity contribution is 7.84. The molecule has 0 saturated carbocycles. The maximum Gasteiger partial charge on any atom is 0.0681 e. The van der Waals surface area contributed by atoms with Gasteiger partial charge < -0.3 is 5.11 Å². The fourth-order valence-electron chi connectivity index (χ4n) is 1.84. The van der Waals surface area contributed by atoms with Crippen LogP contribution in [0.3, 0.4) is 0 Å². The number of aliphatic hydroxyl groups excluding tert-OH is 1. The summed E-state index contributed by atoms with van der Waals surface area (Å²) < 4.78 is 12.0. The Morgan fingerprint density at radius 1 is 0.950 bits per heavy atom. The molecule has 0 aliphatic heterocycles. The zero-order valence-electron chi connectivity index (χ0n) is 11.2. The van der Waals surface area contributed by atoms with Gasteiger partial charge >= 0.3 is 0 Å². The summed E-state index contributed by atoms with van der Waals surface area (Å²) in [5, 5.41) is 8.97. The van der Waals surface area contributed by atoms with Crippen molar-refractivity contribution >= 4 is 16.9 Å². The first-order valence-corrected chi connectivity index (χ1v) is 8.02. The van der Waals surface area contributed by atoms with Crippen LogP contribution in [-0.4, -0.2) is 15.1 Å². The lowest BCUT2D eigenvalue weighted by Crippen LogP contribution is -1.99. The number of hydrogen-bond acceptors (Lipinski definition) is 2. The van der Waals surface area contributed by atoms with E-state index in [1.54, 1.807) is 0 Å². The van der Waals surface area contributed by atoms with E-state index >= 15 is 0 Å². The third-order valence-electron chi connectivity index (χ3n) is 2.93. The molecule has 0 radical (unpaired) electrons. The molecule has 0 saturated heterocycles. The van der Waals surface area contributed by atoms with Gasteiger partial charge in [-0.15, -0.1) is 0 Å². The first-order valence-electron chi connectivity index (χ1n) is 6.53. The van der Waals surface area contributed by atoms with Crippen LogP contribution in [0.1, 0.15) is 16.7 Å². The van der Waals surface area contributed by atoms with Gasteiger partial charge in [0.25, 0.3) is 0 Å². The Bertz CT molecular complexity index is 574. The summed E-state index contributed by atoms with van der Waals surface area (Å²) in [5.41, 5.74) is 3.04. The summed E-state index contributed by atoms with van der Waals surface area (Å²) >= 11 is 0. The van der Waals surface area contributed by atoms with Crippen molar-refractivity contribution in [3.8, 4) is 0 Å². The van der Waals surface area contributed by atoms with Crippen LogP contribution in [-0.2, 0) is 23.2 Å². The normalized spacial score (nSPS) is 12.7. The summed E-state index contributed by atoms with van der Waals surface area (Å²) in [5.74, 6) is 1.10. The Kier molecular flexibility index (Phi) is 5.71. The van der Waals surface area contributed by atoms with E-state index in [-0.39, 0.29) is 6.61 Å². The smallest absolute Gasteiger partial charge is 0.0681 e. The van der Waals surface area contributed by atoms with Crippen LogP contribution < -0.4 is 0 Å². The van der Waals surface area contributed by atoms with Crippen LogP contribution >= 0.6 is 0 Å². The van der Waals surface area contributed by atoms with Gasteiger partial charge in [-0.05, 0) is 16.7 Å². The van der Waals surface area contributed by atoms with Crippen molar-refractivity contribution in [1.82, 2.24) is 0 Å². The summed E-state index contributed by atoms with van der Waals surface area (Å²) in [6.45, 7) is 0.0448. The molecule has 1 N–H and O–H groups in total. The fraction of sp³-hybridized carbons (Fsp3) is 0.176. The van der Waals surface area contributed by atoms with Gasteiger partial charge in [-0.3, -0.25) is 4.21 Å². The minimum Gasteiger partial charge on any atom is -0.392 e. The van der Waals surface area contributed by atoms with E-state index in [1.165, 1.54) is 0 Å². The predicted octanol–water partition coefficient (Wildman–Crippen LogP) is 3.14. The third kappa shape index (κ3) is 4.76. The largest absolute Gasteiger partial charge is 0.392 e. The minimum atomic E-state index is -0.903. The molecule has 20 heavy (non-hydrogen) atoms. The van der Waals surface area contributed by atoms with Crippen molar-refractivity contribution in [3.05, 3.63) is 77.4 Å². The Morgan fingerprint density at radius 2 is 1.60 bits per heavy atom. The first kappa shape index (κ1) is 14.7. The highest BCUT2D eigenvalue weighted by Crippen LogP contribution is 2.08. The SMILES string of the molecule is O=S(C/C=C/c1ccccc1)Cc1ccc(CO)cc1. The number of rotatable bonds is 6. The fourth-order valence-corrected chi connectivity index (χ4v) is 2.83. The minimum absolute atomic E-state index is 0.0448. The Morgan fingerprint density at radius 3 is 2.25 bits per heavy atom.